The Hall–Kier alpha value is -4.13. The minimum atomic E-state index is -0.504. The molecule has 2 amide bonds. The molecule has 7 nitrogen and oxygen atoms in total. The van der Waals surface area contributed by atoms with Crippen molar-refractivity contribution in [1.82, 2.24) is 4.90 Å². The number of amides is 2. The van der Waals surface area contributed by atoms with E-state index in [1.165, 1.54) is 24.3 Å². The van der Waals surface area contributed by atoms with Gasteiger partial charge < -0.3 is 0 Å². The molecule has 28 heavy (non-hydrogen) atoms. The van der Waals surface area contributed by atoms with E-state index in [1.807, 2.05) is 6.07 Å². The van der Waals surface area contributed by atoms with E-state index in [9.17, 15) is 19.7 Å². The zero-order valence-electron chi connectivity index (χ0n) is 14.5. The van der Waals surface area contributed by atoms with Gasteiger partial charge >= 0.3 is 0 Å². The number of aliphatic imine (C=N–C) groups is 1. The minimum absolute atomic E-state index is 0.0686. The van der Waals surface area contributed by atoms with Crippen molar-refractivity contribution in [3.05, 3.63) is 106 Å². The summed E-state index contributed by atoms with van der Waals surface area (Å²) < 4.78 is 0. The van der Waals surface area contributed by atoms with Crippen LogP contribution in [-0.2, 0) is 0 Å². The van der Waals surface area contributed by atoms with Crippen molar-refractivity contribution in [2.24, 2.45) is 4.99 Å². The lowest BCUT2D eigenvalue weighted by molar-refractivity contribution is -0.384. The number of carbonyl (C=O) groups excluding carboxylic acids is 2. The number of rotatable bonds is 3. The van der Waals surface area contributed by atoms with Crippen LogP contribution in [0.5, 0.6) is 0 Å². The third kappa shape index (κ3) is 2.95. The molecule has 0 unspecified atom stereocenters. The van der Waals surface area contributed by atoms with Gasteiger partial charge in [-0.2, -0.15) is 0 Å². The largest absolute Gasteiger partial charge is 0.269 e. The van der Waals surface area contributed by atoms with Crippen LogP contribution in [0.3, 0.4) is 0 Å². The first-order valence-electron chi connectivity index (χ1n) is 8.42. The Labute approximate surface area is 159 Å². The second kappa shape index (κ2) is 6.88. The highest BCUT2D eigenvalue weighted by molar-refractivity contribution is 6.32. The maximum Gasteiger partial charge on any atom is 0.269 e. The molecule has 3 aromatic carbocycles. The second-order valence-corrected chi connectivity index (χ2v) is 6.07. The number of hydrogen-bond donors (Lipinski definition) is 0. The number of nitro groups is 1. The quantitative estimate of drug-likeness (QED) is 0.229. The summed E-state index contributed by atoms with van der Waals surface area (Å²) in [6.07, 6.45) is 0. The van der Waals surface area contributed by atoms with Gasteiger partial charge in [0.1, 0.15) is 0 Å². The molecule has 0 radical (unpaired) electrons. The topological polar surface area (TPSA) is 92.9 Å². The number of fused-ring (bicyclic) bond motifs is 1. The van der Waals surface area contributed by atoms with Crippen molar-refractivity contribution in [2.45, 2.75) is 0 Å². The number of benzene rings is 3. The molecular formula is C21H13N3O4. The predicted molar refractivity (Wildman–Crippen MR) is 103 cm³/mol. The summed E-state index contributed by atoms with van der Waals surface area (Å²) in [5.41, 5.74) is 1.54. The van der Waals surface area contributed by atoms with Crippen molar-refractivity contribution in [3.8, 4) is 0 Å². The van der Waals surface area contributed by atoms with E-state index in [-0.39, 0.29) is 11.5 Å². The van der Waals surface area contributed by atoms with Crippen LogP contribution >= 0.6 is 0 Å². The number of imide groups is 1. The van der Waals surface area contributed by atoms with E-state index in [0.717, 1.165) is 4.90 Å². The Balaban J connectivity index is 1.83. The highest BCUT2D eigenvalue weighted by Gasteiger charge is 2.38. The molecule has 0 spiro atoms. The fourth-order valence-electron chi connectivity index (χ4n) is 2.98. The summed E-state index contributed by atoms with van der Waals surface area (Å²) >= 11 is 0. The number of hydrogen-bond acceptors (Lipinski definition) is 5. The minimum Gasteiger partial charge on any atom is -0.268 e. The predicted octanol–water partition coefficient (Wildman–Crippen LogP) is 3.97. The van der Waals surface area contributed by atoms with Crippen molar-refractivity contribution in [1.29, 1.82) is 0 Å². The standard InChI is InChI=1S/C21H13N3O4/c25-20-17-8-4-5-9-18(17)21(26)23(20)19(14-6-2-1-3-7-14)22-15-10-12-16(13-11-15)24(27)28/h1-13H. The van der Waals surface area contributed by atoms with E-state index < -0.39 is 16.7 Å². The molecule has 0 aliphatic carbocycles. The van der Waals surface area contributed by atoms with Crippen LogP contribution in [0.25, 0.3) is 0 Å². The second-order valence-electron chi connectivity index (χ2n) is 6.07. The molecule has 0 N–H and O–H groups in total. The van der Waals surface area contributed by atoms with Gasteiger partial charge in [-0.1, -0.05) is 42.5 Å². The van der Waals surface area contributed by atoms with Crippen molar-refractivity contribution < 1.29 is 14.5 Å². The average Bonchev–Trinajstić information content (AvgIpc) is 2.98. The van der Waals surface area contributed by atoms with Gasteiger partial charge in [0, 0.05) is 17.7 Å². The van der Waals surface area contributed by atoms with E-state index in [4.69, 9.17) is 0 Å². The molecule has 0 fully saturated rings. The maximum absolute atomic E-state index is 12.9. The van der Waals surface area contributed by atoms with Crippen LogP contribution in [0.2, 0.25) is 0 Å². The van der Waals surface area contributed by atoms with E-state index >= 15 is 0 Å². The lowest BCUT2D eigenvalue weighted by atomic mass is 10.1. The van der Waals surface area contributed by atoms with E-state index in [1.54, 1.807) is 48.5 Å². The van der Waals surface area contributed by atoms with E-state index in [0.29, 0.717) is 22.4 Å². The first kappa shape index (κ1) is 17.3. The highest BCUT2D eigenvalue weighted by atomic mass is 16.6. The number of amidine groups is 1. The maximum atomic E-state index is 12.9. The summed E-state index contributed by atoms with van der Waals surface area (Å²) in [5, 5.41) is 10.8. The summed E-state index contributed by atoms with van der Waals surface area (Å²) in [7, 11) is 0. The van der Waals surface area contributed by atoms with Crippen LogP contribution in [0, 0.1) is 10.1 Å². The van der Waals surface area contributed by atoms with Gasteiger partial charge in [-0.15, -0.1) is 0 Å². The fraction of sp³-hybridized carbons (Fsp3) is 0. The van der Waals surface area contributed by atoms with Crippen LogP contribution in [0.1, 0.15) is 26.3 Å². The molecule has 0 saturated heterocycles. The molecule has 1 heterocycles. The third-order valence-electron chi connectivity index (χ3n) is 4.33. The van der Waals surface area contributed by atoms with Crippen LogP contribution in [0.15, 0.2) is 83.9 Å². The van der Waals surface area contributed by atoms with Crippen LogP contribution in [0.4, 0.5) is 11.4 Å². The zero-order valence-corrected chi connectivity index (χ0v) is 14.5. The number of carbonyl (C=O) groups is 2. The Morgan fingerprint density at radius 1 is 0.786 bits per heavy atom. The molecule has 1 aliphatic rings. The summed E-state index contributed by atoms with van der Waals surface area (Å²) in [6, 6.07) is 21.0. The normalized spacial score (nSPS) is 13.6. The molecule has 0 atom stereocenters. The zero-order chi connectivity index (χ0) is 19.7. The molecule has 0 saturated carbocycles. The van der Waals surface area contributed by atoms with Crippen molar-refractivity contribution >= 4 is 29.0 Å². The van der Waals surface area contributed by atoms with Crippen LogP contribution in [-0.4, -0.2) is 27.5 Å². The van der Waals surface area contributed by atoms with Crippen molar-refractivity contribution in [2.75, 3.05) is 0 Å². The number of nitrogens with zero attached hydrogens (tertiary/aromatic N) is 3. The van der Waals surface area contributed by atoms with Gasteiger partial charge in [-0.25, -0.2) is 9.89 Å². The molecule has 0 aromatic heterocycles. The first-order chi connectivity index (χ1) is 13.6. The molecule has 7 heteroatoms. The fourth-order valence-corrected chi connectivity index (χ4v) is 2.98. The van der Waals surface area contributed by atoms with E-state index in [2.05, 4.69) is 4.99 Å². The number of nitro benzene ring substituents is 1. The molecule has 136 valence electrons. The molecule has 0 bridgehead atoms. The van der Waals surface area contributed by atoms with Gasteiger partial charge in [0.2, 0.25) is 0 Å². The Kier molecular flexibility index (Phi) is 4.25. The van der Waals surface area contributed by atoms with Gasteiger partial charge in [0.25, 0.3) is 17.5 Å². The Morgan fingerprint density at radius 3 is 1.86 bits per heavy atom. The highest BCUT2D eigenvalue weighted by Crippen LogP contribution is 2.27. The van der Waals surface area contributed by atoms with Gasteiger partial charge in [-0.3, -0.25) is 19.7 Å². The lowest BCUT2D eigenvalue weighted by Crippen LogP contribution is -2.36. The van der Waals surface area contributed by atoms with Gasteiger partial charge in [-0.05, 0) is 24.3 Å². The molecule has 3 aromatic rings. The number of non-ortho nitro benzene ring substituents is 1. The van der Waals surface area contributed by atoms with Gasteiger partial charge in [0.15, 0.2) is 5.84 Å². The first-order valence-corrected chi connectivity index (χ1v) is 8.42. The average molecular weight is 371 g/mol. The van der Waals surface area contributed by atoms with Gasteiger partial charge in [0.05, 0.1) is 21.7 Å². The summed E-state index contributed by atoms with van der Waals surface area (Å²) in [6.45, 7) is 0. The summed E-state index contributed by atoms with van der Waals surface area (Å²) in [4.78, 5) is 41.6. The SMILES string of the molecule is O=C1c2ccccc2C(=O)N1C(=Nc1ccc([N+](=O)[O-])cc1)c1ccccc1. The smallest absolute Gasteiger partial charge is 0.268 e. The van der Waals surface area contributed by atoms with Crippen molar-refractivity contribution in [3.63, 3.8) is 0 Å². The third-order valence-corrected chi connectivity index (χ3v) is 4.33. The lowest BCUT2D eigenvalue weighted by Gasteiger charge is -2.17. The Morgan fingerprint density at radius 2 is 1.32 bits per heavy atom. The summed E-state index contributed by atoms with van der Waals surface area (Å²) in [5.74, 6) is -0.740. The Bertz CT molecular complexity index is 1090. The monoisotopic (exact) mass is 371 g/mol. The molecule has 4 rings (SSSR count). The van der Waals surface area contributed by atoms with Crippen LogP contribution < -0.4 is 0 Å². The molecular weight excluding hydrogens is 358 g/mol. The molecule has 1 aliphatic heterocycles.